The van der Waals surface area contributed by atoms with Gasteiger partial charge in [0.25, 0.3) is 5.69 Å². The second kappa shape index (κ2) is 6.35. The number of nitro groups is 1. The van der Waals surface area contributed by atoms with Crippen LogP contribution in [0, 0.1) is 22.9 Å². The summed E-state index contributed by atoms with van der Waals surface area (Å²) < 4.78 is 13.3. The van der Waals surface area contributed by atoms with Crippen LogP contribution in [0.25, 0.3) is 0 Å². The van der Waals surface area contributed by atoms with Crippen LogP contribution in [0.15, 0.2) is 42.5 Å². The van der Waals surface area contributed by atoms with Gasteiger partial charge in [-0.3, -0.25) is 10.1 Å². The molecule has 0 fully saturated rings. The summed E-state index contributed by atoms with van der Waals surface area (Å²) in [5.41, 5.74) is 2.17. The van der Waals surface area contributed by atoms with Crippen LogP contribution < -0.4 is 5.32 Å². The normalized spacial score (nSPS) is 12.0. The number of nitrogens with zero attached hydrogens (tertiary/aromatic N) is 1. The molecule has 0 spiro atoms. The zero-order chi connectivity index (χ0) is 15.4. The Kier molecular flexibility index (Phi) is 4.52. The van der Waals surface area contributed by atoms with Crippen LogP contribution in [-0.2, 0) is 0 Å². The van der Waals surface area contributed by atoms with Crippen molar-refractivity contribution in [3.63, 3.8) is 0 Å². The van der Waals surface area contributed by atoms with Crippen molar-refractivity contribution in [1.82, 2.24) is 0 Å². The number of nitro benzene ring substituents is 1. The molecule has 0 aliphatic heterocycles. The lowest BCUT2D eigenvalue weighted by Crippen LogP contribution is -2.10. The highest BCUT2D eigenvalue weighted by Crippen LogP contribution is 2.27. The standard InChI is InChI=1S/C16H17FN2O2/c1-3-15(12-5-4-6-13(17)9-12)18-14-8-7-11(2)16(10-14)19(20)21/h4-10,15,18H,3H2,1-2H3. The van der Waals surface area contributed by atoms with Gasteiger partial charge in [0.05, 0.1) is 11.0 Å². The minimum absolute atomic E-state index is 0.0779. The number of rotatable bonds is 5. The SMILES string of the molecule is CCC(Nc1ccc(C)c([N+](=O)[O-])c1)c1cccc(F)c1. The Hall–Kier alpha value is -2.43. The number of hydrogen-bond acceptors (Lipinski definition) is 3. The third kappa shape index (κ3) is 3.56. The molecule has 4 nitrogen and oxygen atoms in total. The largest absolute Gasteiger partial charge is 0.378 e. The molecule has 21 heavy (non-hydrogen) atoms. The van der Waals surface area contributed by atoms with Gasteiger partial charge in [-0.05, 0) is 37.1 Å². The smallest absolute Gasteiger partial charge is 0.274 e. The molecular weight excluding hydrogens is 271 g/mol. The van der Waals surface area contributed by atoms with Crippen LogP contribution in [0.4, 0.5) is 15.8 Å². The average molecular weight is 288 g/mol. The van der Waals surface area contributed by atoms with Gasteiger partial charge in [0.2, 0.25) is 0 Å². The second-order valence-electron chi connectivity index (χ2n) is 4.92. The number of aryl methyl sites for hydroxylation is 1. The number of nitrogens with one attached hydrogen (secondary N) is 1. The van der Waals surface area contributed by atoms with E-state index in [1.807, 2.05) is 13.0 Å². The predicted molar refractivity (Wildman–Crippen MR) is 80.9 cm³/mol. The molecular formula is C16H17FN2O2. The Labute approximate surface area is 122 Å². The van der Waals surface area contributed by atoms with Gasteiger partial charge in [-0.15, -0.1) is 0 Å². The summed E-state index contributed by atoms with van der Waals surface area (Å²) in [5.74, 6) is -0.289. The van der Waals surface area contributed by atoms with Crippen LogP contribution in [0.3, 0.4) is 0 Å². The molecule has 5 heteroatoms. The predicted octanol–water partition coefficient (Wildman–Crippen LogP) is 4.61. The zero-order valence-corrected chi connectivity index (χ0v) is 12.0. The fraction of sp³-hybridized carbons (Fsp3) is 0.250. The summed E-state index contributed by atoms with van der Waals surface area (Å²) in [4.78, 5) is 10.6. The number of hydrogen-bond donors (Lipinski definition) is 1. The van der Waals surface area contributed by atoms with E-state index >= 15 is 0 Å². The maximum atomic E-state index is 13.3. The molecule has 0 bridgehead atoms. The first-order valence-corrected chi connectivity index (χ1v) is 6.78. The topological polar surface area (TPSA) is 55.2 Å². The molecule has 0 aliphatic rings. The Morgan fingerprint density at radius 3 is 2.67 bits per heavy atom. The van der Waals surface area contributed by atoms with Crippen molar-refractivity contribution < 1.29 is 9.31 Å². The lowest BCUT2D eigenvalue weighted by atomic mass is 10.0. The van der Waals surface area contributed by atoms with Crippen LogP contribution >= 0.6 is 0 Å². The first-order valence-electron chi connectivity index (χ1n) is 6.78. The Morgan fingerprint density at radius 2 is 2.05 bits per heavy atom. The molecule has 2 aromatic rings. The van der Waals surface area contributed by atoms with Gasteiger partial charge in [-0.1, -0.05) is 25.1 Å². The molecule has 0 radical (unpaired) electrons. The van der Waals surface area contributed by atoms with E-state index in [4.69, 9.17) is 0 Å². The molecule has 2 rings (SSSR count). The lowest BCUT2D eigenvalue weighted by Gasteiger charge is -2.19. The van der Waals surface area contributed by atoms with Crippen LogP contribution in [-0.4, -0.2) is 4.92 Å². The number of benzene rings is 2. The third-order valence-corrected chi connectivity index (χ3v) is 3.41. The van der Waals surface area contributed by atoms with Gasteiger partial charge < -0.3 is 5.32 Å². The highest BCUT2D eigenvalue weighted by atomic mass is 19.1. The van der Waals surface area contributed by atoms with E-state index < -0.39 is 4.92 Å². The number of halogens is 1. The minimum atomic E-state index is -0.399. The van der Waals surface area contributed by atoms with Crippen molar-refractivity contribution in [3.05, 3.63) is 69.5 Å². The molecule has 2 aromatic carbocycles. The van der Waals surface area contributed by atoms with Gasteiger partial charge in [-0.2, -0.15) is 0 Å². The van der Waals surface area contributed by atoms with Gasteiger partial charge in [0.15, 0.2) is 0 Å². The molecule has 1 atom stereocenters. The monoisotopic (exact) mass is 288 g/mol. The Balaban J connectivity index is 2.27. The maximum Gasteiger partial charge on any atom is 0.274 e. The van der Waals surface area contributed by atoms with E-state index in [1.165, 1.54) is 18.2 Å². The summed E-state index contributed by atoms with van der Waals surface area (Å²) in [6.07, 6.45) is 0.741. The third-order valence-electron chi connectivity index (χ3n) is 3.41. The lowest BCUT2D eigenvalue weighted by molar-refractivity contribution is -0.385. The second-order valence-corrected chi connectivity index (χ2v) is 4.92. The highest BCUT2D eigenvalue weighted by molar-refractivity contribution is 5.55. The summed E-state index contributed by atoms with van der Waals surface area (Å²) in [6, 6.07) is 11.3. The molecule has 0 heterocycles. The minimum Gasteiger partial charge on any atom is -0.378 e. The summed E-state index contributed by atoms with van der Waals surface area (Å²) in [7, 11) is 0. The maximum absolute atomic E-state index is 13.3. The molecule has 1 unspecified atom stereocenters. The Morgan fingerprint density at radius 1 is 1.29 bits per heavy atom. The van der Waals surface area contributed by atoms with Crippen molar-refractivity contribution in [2.45, 2.75) is 26.3 Å². The average Bonchev–Trinajstić information content (AvgIpc) is 2.46. The zero-order valence-electron chi connectivity index (χ0n) is 12.0. The van der Waals surface area contributed by atoms with Gasteiger partial charge in [0, 0.05) is 17.3 Å². The highest BCUT2D eigenvalue weighted by Gasteiger charge is 2.14. The first-order chi connectivity index (χ1) is 10.0. The van der Waals surface area contributed by atoms with Crippen molar-refractivity contribution >= 4 is 11.4 Å². The first kappa shape index (κ1) is 15.0. The van der Waals surface area contributed by atoms with Gasteiger partial charge in [-0.25, -0.2) is 4.39 Å². The molecule has 0 aromatic heterocycles. The van der Waals surface area contributed by atoms with Crippen molar-refractivity contribution in [2.75, 3.05) is 5.32 Å². The quantitative estimate of drug-likeness (QED) is 0.646. The van der Waals surface area contributed by atoms with E-state index in [2.05, 4.69) is 5.32 Å². The van der Waals surface area contributed by atoms with Crippen molar-refractivity contribution in [1.29, 1.82) is 0 Å². The van der Waals surface area contributed by atoms with Crippen molar-refractivity contribution in [2.24, 2.45) is 0 Å². The van der Waals surface area contributed by atoms with Crippen LogP contribution in [0.2, 0.25) is 0 Å². The molecule has 1 N–H and O–H groups in total. The molecule has 110 valence electrons. The molecule has 0 aliphatic carbocycles. The summed E-state index contributed by atoms with van der Waals surface area (Å²) >= 11 is 0. The van der Waals surface area contributed by atoms with E-state index in [9.17, 15) is 14.5 Å². The molecule has 0 saturated carbocycles. The summed E-state index contributed by atoms with van der Waals surface area (Å²) in [5, 5.41) is 14.2. The van der Waals surface area contributed by atoms with E-state index in [0.29, 0.717) is 11.3 Å². The van der Waals surface area contributed by atoms with E-state index in [1.54, 1.807) is 25.1 Å². The van der Waals surface area contributed by atoms with Gasteiger partial charge >= 0.3 is 0 Å². The molecule has 0 amide bonds. The van der Waals surface area contributed by atoms with Crippen LogP contribution in [0.1, 0.15) is 30.5 Å². The Bertz CT molecular complexity index is 658. The van der Waals surface area contributed by atoms with Gasteiger partial charge in [0.1, 0.15) is 5.82 Å². The van der Waals surface area contributed by atoms with E-state index in [0.717, 1.165) is 12.0 Å². The van der Waals surface area contributed by atoms with Crippen LogP contribution in [0.5, 0.6) is 0 Å². The molecule has 0 saturated heterocycles. The fourth-order valence-corrected chi connectivity index (χ4v) is 2.24. The number of anilines is 1. The van der Waals surface area contributed by atoms with E-state index in [-0.39, 0.29) is 17.5 Å². The fourth-order valence-electron chi connectivity index (χ4n) is 2.24. The summed E-state index contributed by atoms with van der Waals surface area (Å²) in [6.45, 7) is 3.68. The van der Waals surface area contributed by atoms with Crippen molar-refractivity contribution in [3.8, 4) is 0 Å².